The second-order valence-electron chi connectivity index (χ2n) is 7.85. The number of aromatic nitrogens is 4. The lowest BCUT2D eigenvalue weighted by Crippen LogP contribution is -2.37. The van der Waals surface area contributed by atoms with Crippen LogP contribution in [-0.4, -0.2) is 49.1 Å². The van der Waals surface area contributed by atoms with E-state index in [1.165, 1.54) is 5.56 Å². The molecule has 7 heteroatoms. The van der Waals surface area contributed by atoms with Crippen molar-refractivity contribution in [3.63, 3.8) is 0 Å². The van der Waals surface area contributed by atoms with Crippen molar-refractivity contribution in [3.8, 4) is 11.5 Å². The number of aryl methyl sites for hydroxylation is 1. The number of pyridine rings is 1. The molecule has 1 aliphatic rings. The predicted octanol–water partition coefficient (Wildman–Crippen LogP) is 2.74. The monoisotopic (exact) mass is 400 g/mol. The first-order valence-electron chi connectivity index (χ1n) is 10.2. The van der Waals surface area contributed by atoms with Crippen LogP contribution >= 0.6 is 0 Å². The molecular weight excluding hydrogens is 376 g/mol. The van der Waals surface area contributed by atoms with E-state index in [1.807, 2.05) is 58.7 Å². The van der Waals surface area contributed by atoms with Gasteiger partial charge in [-0.25, -0.2) is 0 Å². The number of carbonyl (C=O) groups is 1. The SMILES string of the molecule is Cn1cccc1-c1nnc2ccc(C(=O)N[C@H]3CCN(Cc4ccccc4)C3)cn12. The maximum Gasteiger partial charge on any atom is 0.253 e. The van der Waals surface area contributed by atoms with Crippen LogP contribution in [0.2, 0.25) is 0 Å². The molecule has 1 aliphatic heterocycles. The fourth-order valence-corrected chi connectivity index (χ4v) is 4.10. The molecule has 0 aliphatic carbocycles. The van der Waals surface area contributed by atoms with Gasteiger partial charge in [0.1, 0.15) is 0 Å². The molecule has 1 amide bonds. The first-order chi connectivity index (χ1) is 14.7. The Hall–Kier alpha value is -3.45. The molecule has 1 atom stereocenters. The quantitative estimate of drug-likeness (QED) is 0.559. The fraction of sp³-hybridized carbons (Fsp3) is 0.261. The minimum Gasteiger partial charge on any atom is -0.348 e. The molecule has 1 aromatic carbocycles. The summed E-state index contributed by atoms with van der Waals surface area (Å²) in [5, 5.41) is 11.7. The maximum atomic E-state index is 12.9. The van der Waals surface area contributed by atoms with Gasteiger partial charge in [-0.15, -0.1) is 10.2 Å². The molecule has 3 aromatic heterocycles. The van der Waals surface area contributed by atoms with Gasteiger partial charge >= 0.3 is 0 Å². The highest BCUT2D eigenvalue weighted by Crippen LogP contribution is 2.19. The van der Waals surface area contributed by atoms with Crippen molar-refractivity contribution in [1.82, 2.24) is 29.4 Å². The van der Waals surface area contributed by atoms with Crippen molar-refractivity contribution in [3.05, 3.63) is 78.1 Å². The Balaban J connectivity index is 1.29. The molecule has 0 unspecified atom stereocenters. The number of amides is 1. The van der Waals surface area contributed by atoms with Gasteiger partial charge in [0.25, 0.3) is 5.91 Å². The van der Waals surface area contributed by atoms with E-state index in [9.17, 15) is 4.79 Å². The standard InChI is InChI=1S/C23H24N6O/c1-27-12-5-8-20(27)22-26-25-21-10-9-18(15-29(21)22)23(30)24-19-11-13-28(16-19)14-17-6-3-2-4-7-17/h2-10,12,15,19H,11,13-14,16H2,1H3,(H,24,30)/t19-/m0/s1. The Morgan fingerprint density at radius 1 is 1.10 bits per heavy atom. The molecular formula is C23H24N6O. The van der Waals surface area contributed by atoms with Crippen molar-refractivity contribution in [2.75, 3.05) is 13.1 Å². The van der Waals surface area contributed by atoms with Crippen LogP contribution in [0.25, 0.3) is 17.2 Å². The molecule has 4 heterocycles. The lowest BCUT2D eigenvalue weighted by molar-refractivity contribution is 0.0937. The van der Waals surface area contributed by atoms with Crippen LogP contribution in [0.15, 0.2) is 67.0 Å². The third kappa shape index (κ3) is 3.59. The molecule has 0 bridgehead atoms. The van der Waals surface area contributed by atoms with E-state index in [0.29, 0.717) is 5.56 Å². The number of carbonyl (C=O) groups excluding carboxylic acids is 1. The van der Waals surface area contributed by atoms with Crippen LogP contribution < -0.4 is 5.32 Å². The minimum atomic E-state index is -0.0602. The third-order valence-electron chi connectivity index (χ3n) is 5.69. The molecule has 152 valence electrons. The zero-order valence-corrected chi connectivity index (χ0v) is 16.9. The van der Waals surface area contributed by atoms with Gasteiger partial charge in [-0.05, 0) is 36.2 Å². The van der Waals surface area contributed by atoms with E-state index in [-0.39, 0.29) is 11.9 Å². The zero-order chi connectivity index (χ0) is 20.5. The summed E-state index contributed by atoms with van der Waals surface area (Å²) in [4.78, 5) is 15.3. The summed E-state index contributed by atoms with van der Waals surface area (Å²) in [5.41, 5.74) is 3.58. The molecule has 0 radical (unpaired) electrons. The Labute approximate surface area is 175 Å². The topological polar surface area (TPSA) is 67.5 Å². The Bertz CT molecular complexity index is 1180. The van der Waals surface area contributed by atoms with Crippen molar-refractivity contribution < 1.29 is 4.79 Å². The Kier molecular flexibility index (Phi) is 4.80. The van der Waals surface area contributed by atoms with Gasteiger partial charge in [-0.2, -0.15) is 0 Å². The van der Waals surface area contributed by atoms with Gasteiger partial charge < -0.3 is 9.88 Å². The normalized spacial score (nSPS) is 16.9. The second-order valence-corrected chi connectivity index (χ2v) is 7.85. The highest BCUT2D eigenvalue weighted by atomic mass is 16.1. The summed E-state index contributed by atoms with van der Waals surface area (Å²) in [6.45, 7) is 2.77. The molecule has 5 rings (SSSR count). The molecule has 1 fully saturated rings. The molecule has 30 heavy (non-hydrogen) atoms. The van der Waals surface area contributed by atoms with Crippen molar-refractivity contribution >= 4 is 11.6 Å². The van der Waals surface area contributed by atoms with Gasteiger partial charge in [0, 0.05) is 45.1 Å². The van der Waals surface area contributed by atoms with E-state index in [1.54, 1.807) is 0 Å². The van der Waals surface area contributed by atoms with Crippen LogP contribution in [0.5, 0.6) is 0 Å². The molecule has 4 aromatic rings. The first kappa shape index (κ1) is 18.6. The average Bonchev–Trinajstić information content (AvgIpc) is 3.48. The predicted molar refractivity (Wildman–Crippen MR) is 115 cm³/mol. The van der Waals surface area contributed by atoms with Crippen LogP contribution in [0, 0.1) is 0 Å². The summed E-state index contributed by atoms with van der Waals surface area (Å²) in [7, 11) is 1.97. The van der Waals surface area contributed by atoms with Gasteiger partial charge in [0.15, 0.2) is 11.5 Å². The Morgan fingerprint density at radius 3 is 2.77 bits per heavy atom. The summed E-state index contributed by atoms with van der Waals surface area (Å²) in [6.07, 6.45) is 4.75. The maximum absolute atomic E-state index is 12.9. The van der Waals surface area contributed by atoms with E-state index in [4.69, 9.17) is 0 Å². The molecule has 0 spiro atoms. The van der Waals surface area contributed by atoms with E-state index < -0.39 is 0 Å². The third-order valence-corrected chi connectivity index (χ3v) is 5.69. The number of benzene rings is 1. The van der Waals surface area contributed by atoms with Crippen LogP contribution in [-0.2, 0) is 13.6 Å². The molecule has 1 saturated heterocycles. The number of nitrogens with one attached hydrogen (secondary N) is 1. The van der Waals surface area contributed by atoms with E-state index >= 15 is 0 Å². The lowest BCUT2D eigenvalue weighted by Gasteiger charge is -2.17. The number of rotatable bonds is 5. The number of nitrogens with zero attached hydrogens (tertiary/aromatic N) is 5. The fourth-order valence-electron chi connectivity index (χ4n) is 4.10. The molecule has 7 nitrogen and oxygen atoms in total. The summed E-state index contributed by atoms with van der Waals surface area (Å²) in [6, 6.07) is 18.2. The zero-order valence-electron chi connectivity index (χ0n) is 16.9. The second kappa shape index (κ2) is 7.76. The first-order valence-corrected chi connectivity index (χ1v) is 10.2. The van der Waals surface area contributed by atoms with Gasteiger partial charge in [-0.1, -0.05) is 30.3 Å². The van der Waals surface area contributed by atoms with Gasteiger partial charge in [-0.3, -0.25) is 14.1 Å². The van der Waals surface area contributed by atoms with Crippen molar-refractivity contribution in [1.29, 1.82) is 0 Å². The smallest absolute Gasteiger partial charge is 0.253 e. The minimum absolute atomic E-state index is 0.0602. The highest BCUT2D eigenvalue weighted by Gasteiger charge is 2.24. The lowest BCUT2D eigenvalue weighted by atomic mass is 10.2. The van der Waals surface area contributed by atoms with E-state index in [2.05, 4.69) is 44.7 Å². The number of hydrogen-bond acceptors (Lipinski definition) is 4. The Morgan fingerprint density at radius 2 is 1.97 bits per heavy atom. The number of likely N-dealkylation sites (tertiary alicyclic amines) is 1. The van der Waals surface area contributed by atoms with Gasteiger partial charge in [0.2, 0.25) is 0 Å². The van der Waals surface area contributed by atoms with Crippen LogP contribution in [0.4, 0.5) is 0 Å². The highest BCUT2D eigenvalue weighted by molar-refractivity contribution is 5.94. The largest absolute Gasteiger partial charge is 0.348 e. The summed E-state index contributed by atoms with van der Waals surface area (Å²) in [5.74, 6) is 0.664. The summed E-state index contributed by atoms with van der Waals surface area (Å²) >= 11 is 0. The number of fused-ring (bicyclic) bond motifs is 1. The number of hydrogen-bond donors (Lipinski definition) is 1. The van der Waals surface area contributed by atoms with Crippen LogP contribution in [0.3, 0.4) is 0 Å². The van der Waals surface area contributed by atoms with Crippen LogP contribution in [0.1, 0.15) is 22.3 Å². The van der Waals surface area contributed by atoms with Gasteiger partial charge in [0.05, 0.1) is 11.3 Å². The molecule has 1 N–H and O–H groups in total. The van der Waals surface area contributed by atoms with E-state index in [0.717, 1.165) is 43.2 Å². The van der Waals surface area contributed by atoms with Crippen molar-refractivity contribution in [2.24, 2.45) is 7.05 Å². The summed E-state index contributed by atoms with van der Waals surface area (Å²) < 4.78 is 3.86. The van der Waals surface area contributed by atoms with Crippen molar-refractivity contribution in [2.45, 2.75) is 19.0 Å². The molecule has 0 saturated carbocycles. The average molecular weight is 400 g/mol.